The van der Waals surface area contributed by atoms with Gasteiger partial charge in [-0.2, -0.15) is 0 Å². The molecule has 1 saturated heterocycles. The summed E-state index contributed by atoms with van der Waals surface area (Å²) < 4.78 is 0. The second kappa shape index (κ2) is 6.01. The van der Waals surface area contributed by atoms with Crippen LogP contribution < -0.4 is 5.32 Å². The number of carbonyl (C=O) groups is 1. The van der Waals surface area contributed by atoms with E-state index in [1.807, 2.05) is 32.5 Å². The molecule has 0 saturated carbocycles. The molecule has 0 aliphatic carbocycles. The van der Waals surface area contributed by atoms with E-state index >= 15 is 0 Å². The van der Waals surface area contributed by atoms with Gasteiger partial charge in [-0.1, -0.05) is 20.8 Å². The van der Waals surface area contributed by atoms with Crippen molar-refractivity contribution in [3.63, 3.8) is 0 Å². The van der Waals surface area contributed by atoms with Gasteiger partial charge in [-0.25, -0.2) is 0 Å². The molecule has 1 aliphatic heterocycles. The first-order valence-corrected chi connectivity index (χ1v) is 7.74. The van der Waals surface area contributed by atoms with Gasteiger partial charge in [0, 0.05) is 42.2 Å². The van der Waals surface area contributed by atoms with E-state index in [0.717, 1.165) is 32.5 Å². The summed E-state index contributed by atoms with van der Waals surface area (Å²) in [4.78, 5) is 19.8. The molecule has 1 fully saturated rings. The molecule has 1 aromatic heterocycles. The van der Waals surface area contributed by atoms with Crippen LogP contribution in [0, 0.1) is 5.41 Å². The monoisotopic (exact) mass is 281 g/mol. The molecule has 19 heavy (non-hydrogen) atoms. The van der Waals surface area contributed by atoms with Crippen LogP contribution in [0.5, 0.6) is 0 Å². The van der Waals surface area contributed by atoms with Crippen molar-refractivity contribution >= 4 is 17.2 Å². The summed E-state index contributed by atoms with van der Waals surface area (Å²) in [5.74, 6) is 0.161. The fraction of sp³-hybridized carbons (Fsp3) is 0.714. The summed E-state index contributed by atoms with van der Waals surface area (Å²) in [5, 5.41) is 3.16. The molecule has 1 aromatic rings. The molecule has 1 aliphatic rings. The third-order valence-electron chi connectivity index (χ3n) is 3.47. The first kappa shape index (κ1) is 14.5. The first-order valence-electron chi connectivity index (χ1n) is 6.86. The van der Waals surface area contributed by atoms with Gasteiger partial charge >= 0.3 is 0 Å². The molecule has 0 bridgehead atoms. The molecular weight excluding hydrogens is 258 g/mol. The number of rotatable bonds is 3. The molecule has 106 valence electrons. The first-order chi connectivity index (χ1) is 8.95. The Kier molecular flexibility index (Phi) is 4.58. The second-order valence-electron chi connectivity index (χ2n) is 6.24. The van der Waals surface area contributed by atoms with Crippen LogP contribution in [0.25, 0.3) is 0 Å². The van der Waals surface area contributed by atoms with Crippen molar-refractivity contribution in [1.29, 1.82) is 0 Å². The fourth-order valence-corrected chi connectivity index (χ4v) is 2.81. The van der Waals surface area contributed by atoms with Crippen LogP contribution in [0.1, 0.15) is 38.5 Å². The Morgan fingerprint density at radius 2 is 2.16 bits per heavy atom. The number of piperidine rings is 1. The van der Waals surface area contributed by atoms with E-state index in [0.29, 0.717) is 6.04 Å². The Labute approximate surface area is 119 Å². The lowest BCUT2D eigenvalue weighted by molar-refractivity contribution is -0.129. The minimum atomic E-state index is -0.292. The number of nitrogens with one attached hydrogen (secondary N) is 1. The molecule has 0 aromatic carbocycles. The lowest BCUT2D eigenvalue weighted by Crippen LogP contribution is -2.47. The summed E-state index contributed by atoms with van der Waals surface area (Å²) in [7, 11) is 0. The van der Waals surface area contributed by atoms with Gasteiger partial charge in [0.1, 0.15) is 0 Å². The molecule has 0 unspecified atom stereocenters. The minimum absolute atomic E-state index is 0.161. The summed E-state index contributed by atoms with van der Waals surface area (Å²) in [5.41, 5.74) is 1.59. The highest BCUT2D eigenvalue weighted by molar-refractivity contribution is 7.09. The lowest BCUT2D eigenvalue weighted by Gasteiger charge is -2.33. The van der Waals surface area contributed by atoms with Gasteiger partial charge in [0.25, 0.3) is 0 Å². The maximum Gasteiger partial charge on any atom is 0.225 e. The average molecular weight is 281 g/mol. The van der Waals surface area contributed by atoms with E-state index < -0.39 is 0 Å². The molecule has 1 N–H and O–H groups in total. The van der Waals surface area contributed by atoms with E-state index in [1.165, 1.54) is 4.88 Å². The van der Waals surface area contributed by atoms with Gasteiger partial charge in [0.2, 0.25) is 5.91 Å². The van der Waals surface area contributed by atoms with Crippen molar-refractivity contribution in [2.75, 3.05) is 13.1 Å². The highest BCUT2D eigenvalue weighted by atomic mass is 32.1. The predicted octanol–water partition coefficient (Wildman–Crippen LogP) is 2.27. The number of carbonyl (C=O) groups excluding carboxylic acids is 1. The standard InChI is InChI=1S/C14H23N3OS/c1-14(2,3)13(18)16-11-4-6-17(7-5-11)9-12-8-15-10-19-12/h8,10-11H,4-7,9H2,1-3H3,(H,16,18). The smallest absolute Gasteiger partial charge is 0.225 e. The lowest BCUT2D eigenvalue weighted by atomic mass is 9.94. The minimum Gasteiger partial charge on any atom is -0.353 e. The van der Waals surface area contributed by atoms with Crippen molar-refractivity contribution in [2.24, 2.45) is 5.41 Å². The molecule has 0 radical (unpaired) electrons. The predicted molar refractivity (Wildman–Crippen MR) is 78.0 cm³/mol. The number of hydrogen-bond donors (Lipinski definition) is 1. The van der Waals surface area contributed by atoms with Crippen molar-refractivity contribution < 1.29 is 4.79 Å². The molecule has 4 nitrogen and oxygen atoms in total. The fourth-order valence-electron chi connectivity index (χ4n) is 2.18. The number of amides is 1. The average Bonchev–Trinajstić information content (AvgIpc) is 2.83. The third kappa shape index (κ3) is 4.28. The molecule has 0 spiro atoms. The van der Waals surface area contributed by atoms with E-state index in [4.69, 9.17) is 0 Å². The maximum absolute atomic E-state index is 11.9. The highest BCUT2D eigenvalue weighted by Gasteiger charge is 2.26. The zero-order chi connectivity index (χ0) is 13.9. The van der Waals surface area contributed by atoms with Gasteiger partial charge in [0.05, 0.1) is 5.51 Å². The quantitative estimate of drug-likeness (QED) is 0.924. The normalized spacial score (nSPS) is 18.5. The van der Waals surface area contributed by atoms with Crippen molar-refractivity contribution in [3.8, 4) is 0 Å². The van der Waals surface area contributed by atoms with Gasteiger partial charge in [-0.3, -0.25) is 14.7 Å². The van der Waals surface area contributed by atoms with Gasteiger partial charge < -0.3 is 5.32 Å². The van der Waals surface area contributed by atoms with Crippen LogP contribution in [0.15, 0.2) is 11.7 Å². The van der Waals surface area contributed by atoms with Crippen LogP contribution in [-0.4, -0.2) is 34.9 Å². The number of aromatic nitrogens is 1. The topological polar surface area (TPSA) is 45.2 Å². The third-order valence-corrected chi connectivity index (χ3v) is 4.23. The van der Waals surface area contributed by atoms with Crippen LogP contribution in [0.3, 0.4) is 0 Å². The molecule has 0 atom stereocenters. The Bertz CT molecular complexity index is 403. The molecule has 2 heterocycles. The SMILES string of the molecule is CC(C)(C)C(=O)NC1CCN(Cc2cncs2)CC1. The van der Waals surface area contributed by atoms with E-state index in [2.05, 4.69) is 15.2 Å². The number of thiazole rings is 1. The van der Waals surface area contributed by atoms with Crippen molar-refractivity contribution in [2.45, 2.75) is 46.2 Å². The molecular formula is C14H23N3OS. The van der Waals surface area contributed by atoms with Crippen molar-refractivity contribution in [1.82, 2.24) is 15.2 Å². The van der Waals surface area contributed by atoms with Crippen molar-refractivity contribution in [3.05, 3.63) is 16.6 Å². The molecule has 2 rings (SSSR count). The van der Waals surface area contributed by atoms with Crippen LogP contribution >= 0.6 is 11.3 Å². The number of nitrogens with zero attached hydrogens (tertiary/aromatic N) is 2. The Morgan fingerprint density at radius 3 is 2.68 bits per heavy atom. The van der Waals surface area contributed by atoms with E-state index in [1.54, 1.807) is 11.3 Å². The highest BCUT2D eigenvalue weighted by Crippen LogP contribution is 2.18. The van der Waals surface area contributed by atoms with Gasteiger partial charge in [-0.15, -0.1) is 11.3 Å². The Balaban J connectivity index is 1.75. The zero-order valence-corrected chi connectivity index (χ0v) is 12.8. The molecule has 5 heteroatoms. The summed E-state index contributed by atoms with van der Waals surface area (Å²) in [6.45, 7) is 8.97. The Morgan fingerprint density at radius 1 is 1.47 bits per heavy atom. The summed E-state index contributed by atoms with van der Waals surface area (Å²) in [6.07, 6.45) is 4.03. The van der Waals surface area contributed by atoms with Gasteiger partial charge in [0.15, 0.2) is 0 Å². The largest absolute Gasteiger partial charge is 0.353 e. The second-order valence-corrected chi connectivity index (χ2v) is 7.21. The number of hydrogen-bond acceptors (Lipinski definition) is 4. The van der Waals surface area contributed by atoms with Crippen LogP contribution in [0.2, 0.25) is 0 Å². The zero-order valence-electron chi connectivity index (χ0n) is 12.0. The van der Waals surface area contributed by atoms with E-state index in [-0.39, 0.29) is 11.3 Å². The van der Waals surface area contributed by atoms with Crippen LogP contribution in [0.4, 0.5) is 0 Å². The van der Waals surface area contributed by atoms with Gasteiger partial charge in [-0.05, 0) is 12.8 Å². The van der Waals surface area contributed by atoms with E-state index in [9.17, 15) is 4.79 Å². The Hall–Kier alpha value is -0.940. The maximum atomic E-state index is 11.9. The summed E-state index contributed by atoms with van der Waals surface area (Å²) >= 11 is 1.71. The van der Waals surface area contributed by atoms with Crippen LogP contribution in [-0.2, 0) is 11.3 Å². The number of likely N-dealkylation sites (tertiary alicyclic amines) is 1. The summed E-state index contributed by atoms with van der Waals surface area (Å²) in [6, 6.07) is 0.337. The molecule has 1 amide bonds.